The van der Waals surface area contributed by atoms with E-state index in [2.05, 4.69) is 78.9 Å². The Morgan fingerprint density at radius 3 is 1.10 bits per heavy atom. The summed E-state index contributed by atoms with van der Waals surface area (Å²) in [5, 5.41) is 18.9. The first-order valence-electron chi connectivity index (χ1n) is 19.1. The van der Waals surface area contributed by atoms with Crippen LogP contribution in [0.25, 0.3) is 90.9 Å². The van der Waals surface area contributed by atoms with Gasteiger partial charge in [-0.15, -0.1) is 22.1 Å². The molecule has 0 N–H and O–H groups in total. The van der Waals surface area contributed by atoms with Crippen LogP contribution in [0, 0.1) is 22.7 Å². The average molecular weight is 820 g/mol. The van der Waals surface area contributed by atoms with Crippen LogP contribution in [0.15, 0.2) is 158 Å². The summed E-state index contributed by atoms with van der Waals surface area (Å²) in [6.45, 7) is 0. The molecule has 8 aromatic rings. The van der Waals surface area contributed by atoms with Crippen molar-refractivity contribution in [3.05, 3.63) is 192 Å². The second-order valence-electron chi connectivity index (χ2n) is 14.0. The molecule has 0 atom stereocenters. The third kappa shape index (κ3) is 7.03. The molecule has 60 heavy (non-hydrogen) atoms. The molecule has 5 aromatic carbocycles. The minimum atomic E-state index is 0. The van der Waals surface area contributed by atoms with Crippen molar-refractivity contribution < 1.29 is 24.2 Å². The van der Waals surface area contributed by atoms with Gasteiger partial charge in [-0.3, -0.25) is 0 Å². The van der Waals surface area contributed by atoms with Crippen molar-refractivity contribution in [3.8, 4) is 68.1 Å². The summed E-state index contributed by atoms with van der Waals surface area (Å²) in [5.41, 5.74) is 14.4. The van der Waals surface area contributed by atoms with Crippen LogP contribution in [-0.4, -0.2) is 9.97 Å². The van der Waals surface area contributed by atoms with Crippen LogP contribution in [0.5, 0.6) is 11.5 Å². The summed E-state index contributed by atoms with van der Waals surface area (Å²) in [7, 11) is 0. The fraction of sp³-hybridized carbons (Fsp3) is 0. The standard InChI is InChI=1S/C52H30N6O.Zn/c53-31-37-18-21-40(30-38(37)32-54)59-39-19-16-36(17-20-39)52-47-28-26-45(57-47)50(34-12-6-2-7-13-34)43-24-22-41(55-43)49(33-10-4-1-5-11-33)42-23-25-44(56-42)51(35-14-8-3-9-15-35)46-27-29-48(52)58-46;/h1-30H;/q-2;+2. The van der Waals surface area contributed by atoms with Crippen molar-refractivity contribution in [3.63, 3.8) is 0 Å². The number of fused-ring (bicyclic) bond motifs is 8. The number of aromatic nitrogens is 4. The van der Waals surface area contributed by atoms with Crippen LogP contribution in [0.2, 0.25) is 0 Å². The number of benzene rings is 5. The smallest absolute Gasteiger partial charge is 0.657 e. The van der Waals surface area contributed by atoms with E-state index in [1.807, 2.05) is 97.1 Å². The zero-order valence-corrected chi connectivity index (χ0v) is 35.1. The van der Waals surface area contributed by atoms with Gasteiger partial charge in [0.15, 0.2) is 0 Å². The van der Waals surface area contributed by atoms with E-state index in [4.69, 9.17) is 24.7 Å². The van der Waals surface area contributed by atoms with Gasteiger partial charge in [-0.2, -0.15) is 10.5 Å². The van der Waals surface area contributed by atoms with Gasteiger partial charge in [-0.1, -0.05) is 127 Å². The zero-order valence-electron chi connectivity index (χ0n) is 32.1. The Kier molecular flexibility index (Phi) is 10.1. The van der Waals surface area contributed by atoms with Crippen LogP contribution in [-0.2, 0) is 19.5 Å². The molecule has 276 valence electrons. The van der Waals surface area contributed by atoms with Crippen LogP contribution < -0.4 is 14.7 Å². The molecule has 10 rings (SSSR count). The van der Waals surface area contributed by atoms with E-state index in [0.717, 1.165) is 89.4 Å². The van der Waals surface area contributed by atoms with E-state index in [0.29, 0.717) is 17.1 Å². The Morgan fingerprint density at radius 1 is 0.383 bits per heavy atom. The number of hydrogen-bond acceptors (Lipinski definition) is 5. The maximum Gasteiger partial charge on any atom is 2.00 e. The number of nitrogens with zero attached hydrogens (tertiary/aromatic N) is 6. The third-order valence-corrected chi connectivity index (χ3v) is 10.4. The van der Waals surface area contributed by atoms with Crippen molar-refractivity contribution in [2.75, 3.05) is 0 Å². The van der Waals surface area contributed by atoms with Gasteiger partial charge in [0.1, 0.15) is 23.6 Å². The van der Waals surface area contributed by atoms with Crippen LogP contribution in [0.1, 0.15) is 33.9 Å². The maximum absolute atomic E-state index is 9.55. The minimum Gasteiger partial charge on any atom is -0.657 e. The van der Waals surface area contributed by atoms with Gasteiger partial charge in [0, 0.05) is 0 Å². The monoisotopic (exact) mass is 818 g/mol. The molecule has 7 nitrogen and oxygen atoms in total. The number of ether oxygens (including phenoxy) is 1. The second kappa shape index (κ2) is 16.2. The van der Waals surface area contributed by atoms with E-state index < -0.39 is 0 Å². The molecule has 0 unspecified atom stereocenters. The second-order valence-corrected chi connectivity index (χ2v) is 14.0. The fourth-order valence-corrected chi connectivity index (χ4v) is 7.69. The van der Waals surface area contributed by atoms with Gasteiger partial charge in [0.2, 0.25) is 0 Å². The molecule has 8 heteroatoms. The molecule has 0 saturated carbocycles. The Hall–Kier alpha value is -7.90. The molecular weight excluding hydrogens is 790 g/mol. The number of nitriles is 2. The molecule has 8 bridgehead atoms. The Balaban J connectivity index is 0.00000462. The largest absolute Gasteiger partial charge is 2.00 e. The van der Waals surface area contributed by atoms with Crippen molar-refractivity contribution in [1.29, 1.82) is 10.5 Å². The van der Waals surface area contributed by atoms with Crippen molar-refractivity contribution in [2.24, 2.45) is 0 Å². The van der Waals surface area contributed by atoms with Crippen molar-refractivity contribution in [1.82, 2.24) is 19.9 Å². The fourth-order valence-electron chi connectivity index (χ4n) is 7.69. The van der Waals surface area contributed by atoms with Crippen LogP contribution in [0.4, 0.5) is 0 Å². The van der Waals surface area contributed by atoms with E-state index >= 15 is 0 Å². The van der Waals surface area contributed by atoms with Gasteiger partial charge >= 0.3 is 19.5 Å². The van der Waals surface area contributed by atoms with E-state index in [9.17, 15) is 10.5 Å². The first kappa shape index (κ1) is 37.7. The summed E-state index contributed by atoms with van der Waals surface area (Å²) in [5.74, 6) is 1.04. The van der Waals surface area contributed by atoms with Gasteiger partial charge in [-0.05, 0) is 99.1 Å². The van der Waals surface area contributed by atoms with Crippen LogP contribution >= 0.6 is 0 Å². The molecule has 0 radical (unpaired) electrons. The zero-order chi connectivity index (χ0) is 39.7. The predicted molar refractivity (Wildman–Crippen MR) is 234 cm³/mol. The minimum absolute atomic E-state index is 0. The summed E-state index contributed by atoms with van der Waals surface area (Å²) >= 11 is 0. The number of hydrogen-bond donors (Lipinski definition) is 0. The summed E-state index contributed by atoms with van der Waals surface area (Å²) in [6, 6.07) is 55.8. The van der Waals surface area contributed by atoms with Crippen molar-refractivity contribution >= 4 is 46.4 Å². The third-order valence-electron chi connectivity index (χ3n) is 10.4. The van der Waals surface area contributed by atoms with Crippen molar-refractivity contribution in [2.45, 2.75) is 0 Å². The first-order valence-corrected chi connectivity index (χ1v) is 19.1. The molecular formula is C52H30N6OZn. The Bertz CT molecular complexity index is 3210. The Morgan fingerprint density at radius 2 is 0.733 bits per heavy atom. The topological polar surface area (TPSA) is 111 Å². The van der Waals surface area contributed by atoms with Gasteiger partial charge < -0.3 is 14.7 Å². The molecule has 0 amide bonds. The molecule has 0 aliphatic carbocycles. The van der Waals surface area contributed by atoms with E-state index in [1.165, 1.54) is 0 Å². The van der Waals surface area contributed by atoms with E-state index in [-0.39, 0.29) is 25.0 Å². The summed E-state index contributed by atoms with van der Waals surface area (Å²) < 4.78 is 6.14. The normalized spacial score (nSPS) is 11.4. The van der Waals surface area contributed by atoms with Gasteiger partial charge in [0.25, 0.3) is 0 Å². The SMILES string of the molecule is N#Cc1ccc(Oc2ccc(-c3c4nc(c(-c5ccccc5)c5ccc([n-]5)c(-c5ccccc5)c5nc(c(-c6ccccc6)c6ccc3[n-]6)C=C5)C=C4)cc2)cc1C#N.[Zn+2]. The number of rotatable bonds is 6. The molecule has 0 fully saturated rings. The maximum atomic E-state index is 9.55. The molecule has 2 aliphatic heterocycles. The summed E-state index contributed by atoms with van der Waals surface area (Å²) in [4.78, 5) is 21.3. The Labute approximate surface area is 359 Å². The molecule has 3 aromatic heterocycles. The van der Waals surface area contributed by atoms with Gasteiger partial charge in [0.05, 0.1) is 33.9 Å². The quantitative estimate of drug-likeness (QED) is 0.154. The molecule has 2 aliphatic rings. The molecule has 5 heterocycles. The average Bonchev–Trinajstić information content (AvgIpc) is 4.14. The van der Waals surface area contributed by atoms with E-state index in [1.54, 1.807) is 18.2 Å². The molecule has 0 saturated heterocycles. The van der Waals surface area contributed by atoms with Gasteiger partial charge in [-0.25, -0.2) is 9.97 Å². The predicted octanol–water partition coefficient (Wildman–Crippen LogP) is 12.1. The molecule has 0 spiro atoms. The summed E-state index contributed by atoms with van der Waals surface area (Å²) in [6.07, 6.45) is 8.24. The van der Waals surface area contributed by atoms with Crippen LogP contribution in [0.3, 0.4) is 0 Å². The first-order chi connectivity index (χ1) is 29.1.